The molecule has 4 nitrogen and oxygen atoms in total. The molecular formula is C15H28N4. The second-order valence-corrected chi connectivity index (χ2v) is 5.60. The molecule has 0 atom stereocenters. The lowest BCUT2D eigenvalue weighted by molar-refractivity contribution is 0.543. The van der Waals surface area contributed by atoms with E-state index < -0.39 is 0 Å². The van der Waals surface area contributed by atoms with Gasteiger partial charge in [-0.15, -0.1) is 0 Å². The monoisotopic (exact) mass is 264 g/mol. The zero-order valence-electron chi connectivity index (χ0n) is 13.2. The lowest BCUT2D eigenvalue weighted by Gasteiger charge is -2.27. The van der Waals surface area contributed by atoms with Gasteiger partial charge in [-0.1, -0.05) is 13.8 Å². The molecule has 0 amide bonds. The van der Waals surface area contributed by atoms with E-state index in [2.05, 4.69) is 62.1 Å². The van der Waals surface area contributed by atoms with E-state index in [1.54, 1.807) is 0 Å². The van der Waals surface area contributed by atoms with Crippen molar-refractivity contribution in [3.8, 4) is 0 Å². The fourth-order valence-electron chi connectivity index (χ4n) is 1.77. The number of nitrogens with one attached hydrogen (secondary N) is 2. The molecule has 0 aliphatic rings. The number of nitrogens with zero attached hydrogens (tertiary/aromatic N) is 2. The Kier molecular flexibility index (Phi) is 5.58. The minimum Gasteiger partial charge on any atom is -0.370 e. The van der Waals surface area contributed by atoms with E-state index in [0.717, 1.165) is 48.8 Å². The highest BCUT2D eigenvalue weighted by Gasteiger charge is 2.18. The SMILES string of the molecule is CCCc1nc(NCC)c(C)c(NC(C)(C)CC)n1. The molecular weight excluding hydrogens is 236 g/mol. The average molecular weight is 264 g/mol. The minimum absolute atomic E-state index is 0.0477. The Hall–Kier alpha value is -1.32. The van der Waals surface area contributed by atoms with Gasteiger partial charge in [-0.2, -0.15) is 0 Å². The number of aromatic nitrogens is 2. The van der Waals surface area contributed by atoms with Gasteiger partial charge in [-0.05, 0) is 40.5 Å². The van der Waals surface area contributed by atoms with Crippen molar-refractivity contribution in [1.29, 1.82) is 0 Å². The van der Waals surface area contributed by atoms with Gasteiger partial charge in [0.2, 0.25) is 0 Å². The maximum Gasteiger partial charge on any atom is 0.135 e. The van der Waals surface area contributed by atoms with Crippen LogP contribution in [-0.2, 0) is 6.42 Å². The van der Waals surface area contributed by atoms with Gasteiger partial charge in [0.05, 0.1) is 0 Å². The van der Waals surface area contributed by atoms with Crippen molar-refractivity contribution < 1.29 is 0 Å². The van der Waals surface area contributed by atoms with Gasteiger partial charge in [0.25, 0.3) is 0 Å². The number of aryl methyl sites for hydroxylation is 1. The van der Waals surface area contributed by atoms with E-state index in [1.807, 2.05) is 0 Å². The predicted molar refractivity (Wildman–Crippen MR) is 82.9 cm³/mol. The zero-order chi connectivity index (χ0) is 14.5. The van der Waals surface area contributed by atoms with Crippen LogP contribution in [0.4, 0.5) is 11.6 Å². The highest BCUT2D eigenvalue weighted by Crippen LogP contribution is 2.24. The van der Waals surface area contributed by atoms with Crippen molar-refractivity contribution in [1.82, 2.24) is 9.97 Å². The van der Waals surface area contributed by atoms with Gasteiger partial charge in [-0.25, -0.2) is 9.97 Å². The Labute approximate surface area is 117 Å². The molecule has 0 unspecified atom stereocenters. The second-order valence-electron chi connectivity index (χ2n) is 5.60. The van der Waals surface area contributed by atoms with Crippen molar-refractivity contribution in [3.63, 3.8) is 0 Å². The predicted octanol–water partition coefficient (Wildman–Crippen LogP) is 3.77. The summed E-state index contributed by atoms with van der Waals surface area (Å²) in [6.45, 7) is 13.8. The highest BCUT2D eigenvalue weighted by atomic mass is 15.1. The van der Waals surface area contributed by atoms with E-state index in [0.29, 0.717) is 0 Å². The topological polar surface area (TPSA) is 49.8 Å². The van der Waals surface area contributed by atoms with E-state index in [4.69, 9.17) is 0 Å². The van der Waals surface area contributed by atoms with E-state index in [1.165, 1.54) is 0 Å². The molecule has 0 aliphatic carbocycles. The fraction of sp³-hybridized carbons (Fsp3) is 0.733. The Balaban J connectivity index is 3.13. The maximum atomic E-state index is 4.68. The van der Waals surface area contributed by atoms with E-state index in [-0.39, 0.29) is 5.54 Å². The summed E-state index contributed by atoms with van der Waals surface area (Å²) in [6.07, 6.45) is 3.03. The first-order valence-electron chi connectivity index (χ1n) is 7.33. The van der Waals surface area contributed by atoms with Gasteiger partial charge in [0.15, 0.2) is 0 Å². The Morgan fingerprint density at radius 1 is 1.05 bits per heavy atom. The van der Waals surface area contributed by atoms with Crippen LogP contribution in [0.15, 0.2) is 0 Å². The standard InChI is InChI=1S/C15H28N4/c1-7-10-12-17-13(16-9-3)11(4)14(18-12)19-15(5,6)8-2/h7-10H2,1-6H3,(H2,16,17,18,19). The Bertz CT molecular complexity index is 413. The summed E-state index contributed by atoms with van der Waals surface area (Å²) in [5.41, 5.74) is 1.15. The van der Waals surface area contributed by atoms with Gasteiger partial charge < -0.3 is 10.6 Å². The van der Waals surface area contributed by atoms with Crippen molar-refractivity contribution in [3.05, 3.63) is 11.4 Å². The van der Waals surface area contributed by atoms with Crippen LogP contribution in [0.1, 0.15) is 58.8 Å². The number of anilines is 2. The van der Waals surface area contributed by atoms with Crippen LogP contribution in [0.3, 0.4) is 0 Å². The summed E-state index contributed by atoms with van der Waals surface area (Å²) in [6, 6.07) is 0. The molecule has 0 saturated carbocycles. The molecule has 0 spiro atoms. The molecule has 19 heavy (non-hydrogen) atoms. The van der Waals surface area contributed by atoms with Crippen LogP contribution >= 0.6 is 0 Å². The second kappa shape index (κ2) is 6.73. The molecule has 1 heterocycles. The van der Waals surface area contributed by atoms with Gasteiger partial charge >= 0.3 is 0 Å². The van der Waals surface area contributed by atoms with Crippen LogP contribution in [-0.4, -0.2) is 22.1 Å². The van der Waals surface area contributed by atoms with Crippen LogP contribution in [0.5, 0.6) is 0 Å². The summed E-state index contributed by atoms with van der Waals surface area (Å²) in [7, 11) is 0. The van der Waals surface area contributed by atoms with Crippen LogP contribution < -0.4 is 10.6 Å². The third-order valence-corrected chi connectivity index (χ3v) is 3.35. The first-order chi connectivity index (χ1) is 8.93. The van der Waals surface area contributed by atoms with Crippen LogP contribution in [0, 0.1) is 6.92 Å². The molecule has 0 aromatic carbocycles. The molecule has 0 saturated heterocycles. The van der Waals surface area contributed by atoms with Gasteiger partial charge in [0.1, 0.15) is 17.5 Å². The molecule has 1 aromatic rings. The first-order valence-corrected chi connectivity index (χ1v) is 7.33. The van der Waals surface area contributed by atoms with E-state index in [9.17, 15) is 0 Å². The van der Waals surface area contributed by atoms with Crippen molar-refractivity contribution in [2.45, 2.75) is 66.3 Å². The zero-order valence-corrected chi connectivity index (χ0v) is 13.2. The molecule has 108 valence electrons. The molecule has 1 rings (SSSR count). The number of rotatable bonds is 7. The molecule has 0 fully saturated rings. The summed E-state index contributed by atoms with van der Waals surface area (Å²) in [4.78, 5) is 9.28. The summed E-state index contributed by atoms with van der Waals surface area (Å²) < 4.78 is 0. The third kappa shape index (κ3) is 4.37. The third-order valence-electron chi connectivity index (χ3n) is 3.35. The fourth-order valence-corrected chi connectivity index (χ4v) is 1.77. The molecule has 2 N–H and O–H groups in total. The lowest BCUT2D eigenvalue weighted by Crippen LogP contribution is -2.31. The molecule has 0 bridgehead atoms. The van der Waals surface area contributed by atoms with Crippen molar-refractivity contribution in [2.24, 2.45) is 0 Å². The largest absolute Gasteiger partial charge is 0.370 e. The van der Waals surface area contributed by atoms with Crippen LogP contribution in [0.25, 0.3) is 0 Å². The molecule has 0 aliphatic heterocycles. The summed E-state index contributed by atoms with van der Waals surface area (Å²) in [5.74, 6) is 2.83. The summed E-state index contributed by atoms with van der Waals surface area (Å²) >= 11 is 0. The molecule has 1 aromatic heterocycles. The lowest BCUT2D eigenvalue weighted by atomic mass is 10.0. The maximum absolute atomic E-state index is 4.68. The van der Waals surface area contributed by atoms with Crippen molar-refractivity contribution >= 4 is 11.6 Å². The van der Waals surface area contributed by atoms with Crippen molar-refractivity contribution in [2.75, 3.05) is 17.2 Å². The Morgan fingerprint density at radius 3 is 2.21 bits per heavy atom. The first kappa shape index (κ1) is 15.7. The van der Waals surface area contributed by atoms with Gasteiger partial charge in [-0.3, -0.25) is 0 Å². The van der Waals surface area contributed by atoms with Crippen LogP contribution in [0.2, 0.25) is 0 Å². The summed E-state index contributed by atoms with van der Waals surface area (Å²) in [5, 5.41) is 6.87. The quantitative estimate of drug-likeness (QED) is 0.787. The molecule has 4 heteroatoms. The minimum atomic E-state index is 0.0477. The number of hydrogen-bond acceptors (Lipinski definition) is 4. The highest BCUT2D eigenvalue weighted by molar-refractivity contribution is 5.58. The molecule has 0 radical (unpaired) electrons. The average Bonchev–Trinajstić information content (AvgIpc) is 2.35. The normalized spacial score (nSPS) is 11.5. The van der Waals surface area contributed by atoms with E-state index >= 15 is 0 Å². The Morgan fingerprint density at radius 2 is 1.68 bits per heavy atom. The number of hydrogen-bond donors (Lipinski definition) is 2. The van der Waals surface area contributed by atoms with Gasteiger partial charge in [0, 0.05) is 24.1 Å². The smallest absolute Gasteiger partial charge is 0.135 e.